The first-order valence-corrected chi connectivity index (χ1v) is 11.0. The number of hydrogen-bond acceptors (Lipinski definition) is 7. The summed E-state index contributed by atoms with van der Waals surface area (Å²) in [5.74, 6) is 6.00. The topological polar surface area (TPSA) is 110 Å². The molecule has 0 unspecified atom stereocenters. The normalized spacial score (nSPS) is 11.4. The molecule has 3 rings (SSSR count). The highest BCUT2D eigenvalue weighted by atomic mass is 79.9. The van der Waals surface area contributed by atoms with Crippen molar-refractivity contribution in [3.63, 3.8) is 0 Å². The second-order valence-electron chi connectivity index (χ2n) is 5.95. The lowest BCUT2D eigenvalue weighted by Crippen LogP contribution is -2.17. The highest BCUT2D eigenvalue weighted by molar-refractivity contribution is 9.10. The van der Waals surface area contributed by atoms with Crippen LogP contribution in [0.1, 0.15) is 12.5 Å². The van der Waals surface area contributed by atoms with Gasteiger partial charge in [-0.1, -0.05) is 63.0 Å². The van der Waals surface area contributed by atoms with Gasteiger partial charge in [0.1, 0.15) is 0 Å². The van der Waals surface area contributed by atoms with Gasteiger partial charge in [-0.2, -0.15) is 5.10 Å². The van der Waals surface area contributed by atoms with Crippen LogP contribution in [0.25, 0.3) is 0 Å². The van der Waals surface area contributed by atoms with Gasteiger partial charge in [-0.05, 0) is 42.8 Å². The lowest BCUT2D eigenvalue weighted by Gasteiger charge is -2.07. The number of nitrogens with two attached hydrogens (primary N) is 1. The Bertz CT molecular complexity index is 1090. The standard InChI is InChI=1S/C18H16BrCl2N7OS/c1-10(11-2-4-12(19)5-3-11)24-25-17-26-27-18(28(17)22)30-9-16(29)23-15-8-13(20)6-7-14(15)21/h2-8H,9,22H2,1H3,(H,23,29)(H,25,26)/b24-10+. The summed E-state index contributed by atoms with van der Waals surface area (Å²) < 4.78 is 2.21. The Hall–Kier alpha value is -2.27. The molecule has 0 aliphatic rings. The molecule has 3 aromatic rings. The molecule has 0 bridgehead atoms. The minimum atomic E-state index is -0.286. The number of halogens is 3. The van der Waals surface area contributed by atoms with Crippen LogP contribution in [-0.2, 0) is 4.79 Å². The number of nitrogens with one attached hydrogen (secondary N) is 2. The summed E-state index contributed by atoms with van der Waals surface area (Å²) >= 11 is 16.5. The number of anilines is 2. The van der Waals surface area contributed by atoms with Gasteiger partial charge in [0.25, 0.3) is 5.95 Å². The maximum absolute atomic E-state index is 12.2. The van der Waals surface area contributed by atoms with Crippen molar-refractivity contribution in [1.29, 1.82) is 0 Å². The van der Waals surface area contributed by atoms with Gasteiger partial charge in [0, 0.05) is 9.50 Å². The van der Waals surface area contributed by atoms with E-state index in [0.717, 1.165) is 27.5 Å². The Labute approximate surface area is 195 Å². The molecule has 0 saturated heterocycles. The Morgan fingerprint density at radius 2 is 1.97 bits per heavy atom. The van der Waals surface area contributed by atoms with E-state index < -0.39 is 0 Å². The SMILES string of the molecule is C/C(=N\Nc1nnc(SCC(=O)Nc2cc(Cl)ccc2Cl)n1N)c1ccc(Br)cc1. The molecule has 156 valence electrons. The molecule has 0 aliphatic carbocycles. The average Bonchev–Trinajstić information content (AvgIpc) is 3.07. The Balaban J connectivity index is 1.58. The van der Waals surface area contributed by atoms with E-state index in [0.29, 0.717) is 20.9 Å². The zero-order valence-corrected chi connectivity index (χ0v) is 19.5. The first-order valence-electron chi connectivity index (χ1n) is 8.48. The zero-order chi connectivity index (χ0) is 21.7. The van der Waals surface area contributed by atoms with Crippen molar-refractivity contribution >= 4 is 74.1 Å². The van der Waals surface area contributed by atoms with Crippen LogP contribution in [-0.4, -0.2) is 32.2 Å². The van der Waals surface area contributed by atoms with Gasteiger partial charge in [-0.3, -0.25) is 4.79 Å². The lowest BCUT2D eigenvalue weighted by atomic mass is 10.1. The van der Waals surface area contributed by atoms with Gasteiger partial charge in [-0.15, -0.1) is 10.2 Å². The predicted octanol–water partition coefficient (Wildman–Crippen LogP) is 4.63. The van der Waals surface area contributed by atoms with Crippen molar-refractivity contribution in [2.75, 3.05) is 22.3 Å². The fraction of sp³-hybridized carbons (Fsp3) is 0.111. The molecule has 0 radical (unpaired) electrons. The maximum atomic E-state index is 12.2. The minimum absolute atomic E-state index is 0.0549. The molecule has 2 aromatic carbocycles. The number of thioether (sulfide) groups is 1. The van der Waals surface area contributed by atoms with E-state index in [4.69, 9.17) is 29.0 Å². The number of hydrogen-bond donors (Lipinski definition) is 3. The summed E-state index contributed by atoms with van der Waals surface area (Å²) in [5, 5.41) is 16.1. The third-order valence-electron chi connectivity index (χ3n) is 3.78. The number of carbonyl (C=O) groups excluding carboxylic acids is 1. The van der Waals surface area contributed by atoms with Crippen molar-refractivity contribution in [2.24, 2.45) is 5.10 Å². The van der Waals surface area contributed by atoms with Crippen LogP contribution < -0.4 is 16.6 Å². The van der Waals surface area contributed by atoms with Gasteiger partial charge in [0.05, 0.1) is 22.2 Å². The number of hydrazone groups is 1. The van der Waals surface area contributed by atoms with Gasteiger partial charge < -0.3 is 11.2 Å². The van der Waals surface area contributed by atoms with E-state index in [1.165, 1.54) is 4.68 Å². The second-order valence-corrected chi connectivity index (χ2v) is 8.65. The minimum Gasteiger partial charge on any atom is -0.334 e. The van der Waals surface area contributed by atoms with Crippen molar-refractivity contribution in [3.05, 3.63) is 62.5 Å². The van der Waals surface area contributed by atoms with Gasteiger partial charge in [0.15, 0.2) is 0 Å². The van der Waals surface area contributed by atoms with Gasteiger partial charge >= 0.3 is 0 Å². The van der Waals surface area contributed by atoms with Crippen LogP contribution in [0.15, 0.2) is 57.2 Å². The summed E-state index contributed by atoms with van der Waals surface area (Å²) in [6, 6.07) is 12.5. The molecule has 0 atom stereocenters. The highest BCUT2D eigenvalue weighted by Crippen LogP contribution is 2.26. The molecule has 12 heteroatoms. The molecule has 1 amide bonds. The summed E-state index contributed by atoms with van der Waals surface area (Å²) in [7, 11) is 0. The highest BCUT2D eigenvalue weighted by Gasteiger charge is 2.13. The van der Waals surface area contributed by atoms with Crippen molar-refractivity contribution in [1.82, 2.24) is 14.9 Å². The number of rotatable bonds is 7. The first-order chi connectivity index (χ1) is 14.3. The molecule has 4 N–H and O–H groups in total. The third-order valence-corrected chi connectivity index (χ3v) is 5.82. The number of nitrogens with zero attached hydrogens (tertiary/aromatic N) is 4. The Morgan fingerprint density at radius 3 is 2.70 bits per heavy atom. The van der Waals surface area contributed by atoms with Crippen LogP contribution in [0.4, 0.5) is 11.6 Å². The predicted molar refractivity (Wildman–Crippen MR) is 126 cm³/mol. The molecule has 0 aliphatic heterocycles. The van der Waals surface area contributed by atoms with Crippen molar-refractivity contribution in [3.8, 4) is 0 Å². The second kappa shape index (κ2) is 10.2. The Kier molecular flexibility index (Phi) is 7.59. The van der Waals surface area contributed by atoms with Crippen LogP contribution in [0.5, 0.6) is 0 Å². The quantitative estimate of drug-likeness (QED) is 0.178. The van der Waals surface area contributed by atoms with E-state index in [1.54, 1.807) is 18.2 Å². The third kappa shape index (κ3) is 5.88. The number of benzene rings is 2. The smallest absolute Gasteiger partial charge is 0.264 e. The van der Waals surface area contributed by atoms with Gasteiger partial charge in [-0.25, -0.2) is 10.1 Å². The van der Waals surface area contributed by atoms with Crippen molar-refractivity contribution < 1.29 is 4.79 Å². The molecule has 8 nitrogen and oxygen atoms in total. The number of aromatic nitrogens is 3. The van der Waals surface area contributed by atoms with Crippen LogP contribution >= 0.6 is 50.9 Å². The summed E-state index contributed by atoms with van der Waals surface area (Å²) in [5.41, 5.74) is 4.91. The first kappa shape index (κ1) is 22.4. The van der Waals surface area contributed by atoms with E-state index in [1.807, 2.05) is 31.2 Å². The molecule has 1 heterocycles. The van der Waals surface area contributed by atoms with Crippen LogP contribution in [0, 0.1) is 0 Å². The van der Waals surface area contributed by atoms with Crippen molar-refractivity contribution in [2.45, 2.75) is 12.1 Å². The molecule has 0 spiro atoms. The molecule has 30 heavy (non-hydrogen) atoms. The molecular weight excluding hydrogens is 513 g/mol. The van der Waals surface area contributed by atoms with E-state index in [9.17, 15) is 4.79 Å². The van der Waals surface area contributed by atoms with E-state index >= 15 is 0 Å². The van der Waals surface area contributed by atoms with Gasteiger partial charge in [0.2, 0.25) is 11.1 Å². The molecule has 0 fully saturated rings. The van der Waals surface area contributed by atoms with E-state index in [2.05, 4.69) is 42.0 Å². The molecule has 0 saturated carbocycles. The van der Waals surface area contributed by atoms with Crippen LogP contribution in [0.3, 0.4) is 0 Å². The number of carbonyl (C=O) groups is 1. The molecular formula is C18H16BrCl2N7OS. The maximum Gasteiger partial charge on any atom is 0.264 e. The zero-order valence-electron chi connectivity index (χ0n) is 15.6. The Morgan fingerprint density at radius 1 is 1.23 bits per heavy atom. The van der Waals surface area contributed by atoms with E-state index in [-0.39, 0.29) is 17.6 Å². The molecule has 1 aromatic heterocycles. The monoisotopic (exact) mass is 527 g/mol. The summed E-state index contributed by atoms with van der Waals surface area (Å²) in [4.78, 5) is 12.2. The average molecular weight is 529 g/mol. The number of nitrogen functional groups attached to an aromatic ring is 1. The fourth-order valence-electron chi connectivity index (χ4n) is 2.25. The number of amides is 1. The summed E-state index contributed by atoms with van der Waals surface area (Å²) in [6.45, 7) is 1.86. The lowest BCUT2D eigenvalue weighted by molar-refractivity contribution is -0.113. The van der Waals surface area contributed by atoms with Crippen LogP contribution in [0.2, 0.25) is 10.0 Å². The largest absolute Gasteiger partial charge is 0.334 e. The summed E-state index contributed by atoms with van der Waals surface area (Å²) in [6.07, 6.45) is 0. The fourth-order valence-corrected chi connectivity index (χ4v) is 3.51.